The summed E-state index contributed by atoms with van der Waals surface area (Å²) in [6.45, 7) is 4.31. The van der Waals surface area contributed by atoms with E-state index < -0.39 is 0 Å². The summed E-state index contributed by atoms with van der Waals surface area (Å²) in [5.74, 6) is 0.884. The molecule has 1 aromatic rings. The smallest absolute Gasteiger partial charge is 0.141 e. The highest BCUT2D eigenvalue weighted by atomic mass is 19.1. The largest absolute Gasteiger partial charge is 0.316 e. The summed E-state index contributed by atoms with van der Waals surface area (Å²) in [7, 11) is 0. The molecule has 1 heterocycles. The molecule has 0 aromatic carbocycles. The number of hydrogen-bond acceptors (Lipinski definition) is 2. The molecule has 2 unspecified atom stereocenters. The Balaban J connectivity index is 2.07. The molecular formula is C16H25FN2. The highest BCUT2D eigenvalue weighted by molar-refractivity contribution is 5.17. The number of nitrogens with zero attached hydrogens (tertiary/aromatic N) is 1. The van der Waals surface area contributed by atoms with E-state index in [0.717, 1.165) is 18.7 Å². The fraction of sp³-hybridized carbons (Fsp3) is 0.688. The van der Waals surface area contributed by atoms with Crippen LogP contribution >= 0.6 is 0 Å². The van der Waals surface area contributed by atoms with E-state index in [0.29, 0.717) is 11.8 Å². The lowest BCUT2D eigenvalue weighted by Crippen LogP contribution is -2.27. The van der Waals surface area contributed by atoms with Gasteiger partial charge in [0.15, 0.2) is 0 Å². The van der Waals surface area contributed by atoms with Gasteiger partial charge in [0.2, 0.25) is 0 Å². The summed E-state index contributed by atoms with van der Waals surface area (Å²) in [5.41, 5.74) is 1.09. The second-order valence-corrected chi connectivity index (χ2v) is 5.65. The Morgan fingerprint density at radius 2 is 2.11 bits per heavy atom. The van der Waals surface area contributed by atoms with Gasteiger partial charge in [-0.05, 0) is 55.8 Å². The second-order valence-electron chi connectivity index (χ2n) is 5.65. The van der Waals surface area contributed by atoms with Crippen molar-refractivity contribution in [3.8, 4) is 0 Å². The van der Waals surface area contributed by atoms with E-state index in [1.54, 1.807) is 6.07 Å². The van der Waals surface area contributed by atoms with Crippen LogP contribution in [0, 0.1) is 11.7 Å². The third kappa shape index (κ3) is 4.27. The standard InChI is InChI=1S/C16H25FN2/c1-2-8-18-10-13-6-4-3-5-7-16(13)14-9-15(17)12-19-11-14/h9,11-13,16,18H,2-8,10H2,1H3. The van der Waals surface area contributed by atoms with Crippen molar-refractivity contribution in [2.45, 2.75) is 51.4 Å². The summed E-state index contributed by atoms with van der Waals surface area (Å²) < 4.78 is 13.4. The molecule has 1 aliphatic carbocycles. The number of nitrogens with one attached hydrogen (secondary N) is 1. The molecule has 0 bridgehead atoms. The van der Waals surface area contributed by atoms with E-state index in [9.17, 15) is 4.39 Å². The van der Waals surface area contributed by atoms with E-state index in [1.165, 1.54) is 44.7 Å². The first kappa shape index (κ1) is 14.4. The van der Waals surface area contributed by atoms with Gasteiger partial charge in [0.25, 0.3) is 0 Å². The number of rotatable bonds is 5. The maximum Gasteiger partial charge on any atom is 0.141 e. The van der Waals surface area contributed by atoms with Crippen molar-refractivity contribution < 1.29 is 4.39 Å². The van der Waals surface area contributed by atoms with Gasteiger partial charge < -0.3 is 5.32 Å². The van der Waals surface area contributed by atoms with Gasteiger partial charge in [-0.3, -0.25) is 4.98 Å². The van der Waals surface area contributed by atoms with Crippen molar-refractivity contribution in [3.05, 3.63) is 29.8 Å². The quantitative estimate of drug-likeness (QED) is 0.645. The molecule has 1 N–H and O–H groups in total. The topological polar surface area (TPSA) is 24.9 Å². The molecule has 1 fully saturated rings. The van der Waals surface area contributed by atoms with E-state index in [4.69, 9.17) is 0 Å². The molecule has 2 rings (SSSR count). The molecular weight excluding hydrogens is 239 g/mol. The lowest BCUT2D eigenvalue weighted by Gasteiger charge is -2.25. The van der Waals surface area contributed by atoms with Gasteiger partial charge in [0.1, 0.15) is 5.82 Å². The Bertz CT molecular complexity index is 381. The van der Waals surface area contributed by atoms with Crippen molar-refractivity contribution in [2.75, 3.05) is 13.1 Å². The minimum absolute atomic E-state index is 0.206. The molecule has 106 valence electrons. The molecule has 2 atom stereocenters. The van der Waals surface area contributed by atoms with Crippen LogP contribution in [0.2, 0.25) is 0 Å². The Morgan fingerprint density at radius 1 is 1.26 bits per heavy atom. The number of halogens is 1. The Kier molecular flexibility index (Phi) is 5.77. The molecule has 2 nitrogen and oxygen atoms in total. The molecule has 1 aliphatic rings. The van der Waals surface area contributed by atoms with Crippen molar-refractivity contribution in [1.82, 2.24) is 10.3 Å². The van der Waals surface area contributed by atoms with Crippen LogP contribution in [0.1, 0.15) is 56.9 Å². The van der Waals surface area contributed by atoms with E-state index >= 15 is 0 Å². The van der Waals surface area contributed by atoms with Crippen LogP contribution in [-0.2, 0) is 0 Å². The molecule has 3 heteroatoms. The summed E-state index contributed by atoms with van der Waals surface area (Å²) in [4.78, 5) is 4.03. The molecule has 19 heavy (non-hydrogen) atoms. The molecule has 1 saturated carbocycles. The van der Waals surface area contributed by atoms with Crippen LogP contribution in [0.5, 0.6) is 0 Å². The van der Waals surface area contributed by atoms with Crippen LogP contribution in [0.15, 0.2) is 18.5 Å². The highest BCUT2D eigenvalue weighted by Gasteiger charge is 2.25. The average Bonchev–Trinajstić information content (AvgIpc) is 2.64. The molecule has 0 saturated heterocycles. The Labute approximate surface area is 115 Å². The minimum Gasteiger partial charge on any atom is -0.316 e. The Hall–Kier alpha value is -0.960. The lowest BCUT2D eigenvalue weighted by molar-refractivity contribution is 0.374. The second kappa shape index (κ2) is 7.59. The zero-order chi connectivity index (χ0) is 13.5. The first-order valence-corrected chi connectivity index (χ1v) is 7.62. The third-order valence-corrected chi connectivity index (χ3v) is 4.15. The van der Waals surface area contributed by atoms with Gasteiger partial charge in [-0.2, -0.15) is 0 Å². The molecule has 0 amide bonds. The van der Waals surface area contributed by atoms with E-state index in [1.807, 2.05) is 6.20 Å². The minimum atomic E-state index is -0.206. The summed E-state index contributed by atoms with van der Waals surface area (Å²) in [5, 5.41) is 3.53. The van der Waals surface area contributed by atoms with Crippen LogP contribution < -0.4 is 5.32 Å². The Morgan fingerprint density at radius 3 is 2.89 bits per heavy atom. The van der Waals surface area contributed by atoms with Crippen LogP contribution in [0.4, 0.5) is 4.39 Å². The van der Waals surface area contributed by atoms with Crippen molar-refractivity contribution >= 4 is 0 Å². The lowest BCUT2D eigenvalue weighted by atomic mass is 9.83. The first-order valence-electron chi connectivity index (χ1n) is 7.62. The maximum atomic E-state index is 13.4. The van der Waals surface area contributed by atoms with Gasteiger partial charge >= 0.3 is 0 Å². The predicted octanol–water partition coefficient (Wildman–Crippen LogP) is 3.88. The SMILES string of the molecule is CCCNCC1CCCCCC1c1cncc(F)c1. The zero-order valence-electron chi connectivity index (χ0n) is 11.9. The van der Waals surface area contributed by atoms with Crippen LogP contribution in [-0.4, -0.2) is 18.1 Å². The fourth-order valence-electron chi connectivity index (χ4n) is 3.16. The molecule has 0 spiro atoms. The van der Waals surface area contributed by atoms with Crippen LogP contribution in [0.25, 0.3) is 0 Å². The van der Waals surface area contributed by atoms with E-state index in [2.05, 4.69) is 17.2 Å². The monoisotopic (exact) mass is 264 g/mol. The summed E-state index contributed by atoms with van der Waals surface area (Å²) in [6.07, 6.45) is 10.6. The normalized spacial score (nSPS) is 24.1. The van der Waals surface area contributed by atoms with Crippen LogP contribution in [0.3, 0.4) is 0 Å². The average molecular weight is 264 g/mol. The molecule has 0 aliphatic heterocycles. The number of pyridine rings is 1. The summed E-state index contributed by atoms with van der Waals surface area (Å²) in [6, 6.07) is 1.68. The van der Waals surface area contributed by atoms with Gasteiger partial charge in [-0.25, -0.2) is 4.39 Å². The fourth-order valence-corrected chi connectivity index (χ4v) is 3.16. The molecule has 0 radical (unpaired) electrons. The maximum absolute atomic E-state index is 13.4. The number of hydrogen-bond donors (Lipinski definition) is 1. The highest BCUT2D eigenvalue weighted by Crippen LogP contribution is 2.36. The van der Waals surface area contributed by atoms with Gasteiger partial charge in [0.05, 0.1) is 6.20 Å². The van der Waals surface area contributed by atoms with E-state index in [-0.39, 0.29) is 5.82 Å². The van der Waals surface area contributed by atoms with Gasteiger partial charge in [-0.1, -0.05) is 26.2 Å². The van der Waals surface area contributed by atoms with Gasteiger partial charge in [0, 0.05) is 6.20 Å². The van der Waals surface area contributed by atoms with Crippen molar-refractivity contribution in [1.29, 1.82) is 0 Å². The summed E-state index contributed by atoms with van der Waals surface area (Å²) >= 11 is 0. The van der Waals surface area contributed by atoms with Crippen molar-refractivity contribution in [2.24, 2.45) is 5.92 Å². The third-order valence-electron chi connectivity index (χ3n) is 4.15. The number of aromatic nitrogens is 1. The first-order chi connectivity index (χ1) is 9.31. The predicted molar refractivity (Wildman–Crippen MR) is 76.7 cm³/mol. The zero-order valence-corrected chi connectivity index (χ0v) is 11.9. The molecule has 1 aromatic heterocycles. The van der Waals surface area contributed by atoms with Crippen molar-refractivity contribution in [3.63, 3.8) is 0 Å². The van der Waals surface area contributed by atoms with Gasteiger partial charge in [-0.15, -0.1) is 0 Å².